The fourth-order valence-corrected chi connectivity index (χ4v) is 1.77. The van der Waals surface area contributed by atoms with Gasteiger partial charge in [0.15, 0.2) is 0 Å². The minimum absolute atomic E-state index is 0.232. The summed E-state index contributed by atoms with van der Waals surface area (Å²) in [5.74, 6) is 0.885. The lowest BCUT2D eigenvalue weighted by Gasteiger charge is -2.15. The zero-order chi connectivity index (χ0) is 10.5. The normalized spacial score (nSPS) is 14.8. The van der Waals surface area contributed by atoms with Crippen molar-refractivity contribution in [1.82, 2.24) is 5.32 Å². The number of rotatable bonds is 6. The Morgan fingerprint density at radius 1 is 1.23 bits per heavy atom. The lowest BCUT2D eigenvalue weighted by molar-refractivity contribution is 0.451. The van der Waals surface area contributed by atoms with Crippen LogP contribution in [0.4, 0.5) is 0 Å². The van der Waals surface area contributed by atoms with Crippen LogP contribution in [0.3, 0.4) is 0 Å². The van der Waals surface area contributed by atoms with E-state index in [1.165, 1.54) is 6.26 Å². The van der Waals surface area contributed by atoms with Crippen LogP contribution >= 0.6 is 0 Å². The second kappa shape index (κ2) is 5.60. The molecular formula is C9H21NO2S. The minimum Gasteiger partial charge on any atom is -0.313 e. The molecule has 0 radical (unpaired) electrons. The molecule has 0 saturated heterocycles. The highest BCUT2D eigenvalue weighted by Crippen LogP contribution is 2.03. The molecular weight excluding hydrogens is 186 g/mol. The Hall–Kier alpha value is -0.0900. The molecule has 80 valence electrons. The van der Waals surface area contributed by atoms with Gasteiger partial charge in [-0.2, -0.15) is 0 Å². The number of hydrogen-bond acceptors (Lipinski definition) is 3. The summed E-state index contributed by atoms with van der Waals surface area (Å²) >= 11 is 0. The highest BCUT2D eigenvalue weighted by Gasteiger charge is 2.06. The van der Waals surface area contributed by atoms with Crippen LogP contribution in [0.2, 0.25) is 0 Å². The number of sulfone groups is 1. The fraction of sp³-hybridized carbons (Fsp3) is 1.00. The van der Waals surface area contributed by atoms with Crippen molar-refractivity contribution in [1.29, 1.82) is 0 Å². The smallest absolute Gasteiger partial charge is 0.148 e. The highest BCUT2D eigenvalue weighted by atomic mass is 32.2. The van der Waals surface area contributed by atoms with Crippen LogP contribution in [-0.4, -0.2) is 33.0 Å². The summed E-state index contributed by atoms with van der Waals surface area (Å²) in [5, 5.41) is 3.19. The van der Waals surface area contributed by atoms with Gasteiger partial charge < -0.3 is 5.32 Å². The molecule has 0 heterocycles. The SMILES string of the molecule is CC(C)CC(C)NCCS(C)(=O)=O. The Labute approximate surface area is 81.8 Å². The molecule has 0 rings (SSSR count). The van der Waals surface area contributed by atoms with Gasteiger partial charge in [0.05, 0.1) is 5.75 Å². The van der Waals surface area contributed by atoms with E-state index in [1.807, 2.05) is 0 Å². The number of hydrogen-bond donors (Lipinski definition) is 1. The molecule has 0 aromatic heterocycles. The van der Waals surface area contributed by atoms with Crippen LogP contribution in [0.15, 0.2) is 0 Å². The summed E-state index contributed by atoms with van der Waals surface area (Å²) in [7, 11) is -2.81. The molecule has 13 heavy (non-hydrogen) atoms. The van der Waals surface area contributed by atoms with Crippen molar-refractivity contribution >= 4 is 9.84 Å². The van der Waals surface area contributed by atoms with Gasteiger partial charge in [0, 0.05) is 18.8 Å². The van der Waals surface area contributed by atoms with E-state index in [0.29, 0.717) is 18.5 Å². The molecule has 0 spiro atoms. The van der Waals surface area contributed by atoms with Crippen LogP contribution in [0.1, 0.15) is 27.2 Å². The minimum atomic E-state index is -2.81. The largest absolute Gasteiger partial charge is 0.313 e. The van der Waals surface area contributed by atoms with E-state index in [2.05, 4.69) is 26.1 Å². The third-order valence-corrected chi connectivity index (χ3v) is 2.74. The topological polar surface area (TPSA) is 46.2 Å². The average molecular weight is 207 g/mol. The Bertz CT molecular complexity index is 222. The molecule has 4 heteroatoms. The van der Waals surface area contributed by atoms with Gasteiger partial charge in [-0.3, -0.25) is 0 Å². The van der Waals surface area contributed by atoms with Crippen molar-refractivity contribution in [2.75, 3.05) is 18.6 Å². The summed E-state index contributed by atoms with van der Waals surface area (Å²) in [6.45, 7) is 6.97. The van der Waals surface area contributed by atoms with Crippen LogP contribution < -0.4 is 5.32 Å². The summed E-state index contributed by atoms with van der Waals surface area (Å²) < 4.78 is 21.6. The third kappa shape index (κ3) is 9.83. The van der Waals surface area contributed by atoms with Crippen molar-refractivity contribution in [3.63, 3.8) is 0 Å². The van der Waals surface area contributed by atoms with Crippen molar-refractivity contribution in [2.24, 2.45) is 5.92 Å². The summed E-state index contributed by atoms with van der Waals surface area (Å²) in [4.78, 5) is 0. The molecule has 0 aliphatic carbocycles. The van der Waals surface area contributed by atoms with Crippen LogP contribution in [-0.2, 0) is 9.84 Å². The molecule has 0 fully saturated rings. The predicted molar refractivity (Wildman–Crippen MR) is 56.6 cm³/mol. The molecule has 1 atom stereocenters. The second-order valence-corrected chi connectivity index (χ2v) is 6.37. The molecule has 1 unspecified atom stereocenters. The van der Waals surface area contributed by atoms with E-state index < -0.39 is 9.84 Å². The molecule has 1 N–H and O–H groups in total. The Balaban J connectivity index is 3.54. The quantitative estimate of drug-likeness (QED) is 0.708. The number of nitrogens with one attached hydrogen (secondary N) is 1. The third-order valence-electron chi connectivity index (χ3n) is 1.79. The zero-order valence-electron chi connectivity index (χ0n) is 9.00. The first-order chi connectivity index (χ1) is 5.81. The maximum atomic E-state index is 10.8. The summed E-state index contributed by atoms with van der Waals surface area (Å²) in [6.07, 6.45) is 2.35. The van der Waals surface area contributed by atoms with Gasteiger partial charge in [-0.1, -0.05) is 13.8 Å². The zero-order valence-corrected chi connectivity index (χ0v) is 9.82. The molecule has 0 amide bonds. The van der Waals surface area contributed by atoms with Gasteiger partial charge in [-0.25, -0.2) is 8.42 Å². The first-order valence-electron chi connectivity index (χ1n) is 4.72. The predicted octanol–water partition coefficient (Wildman–Crippen LogP) is 1.06. The molecule has 0 aromatic rings. The first kappa shape index (κ1) is 12.9. The Morgan fingerprint density at radius 2 is 1.77 bits per heavy atom. The van der Waals surface area contributed by atoms with E-state index >= 15 is 0 Å². The van der Waals surface area contributed by atoms with E-state index in [1.54, 1.807) is 0 Å². The second-order valence-electron chi connectivity index (χ2n) is 4.11. The lowest BCUT2D eigenvalue weighted by atomic mass is 10.1. The highest BCUT2D eigenvalue weighted by molar-refractivity contribution is 7.90. The van der Waals surface area contributed by atoms with Gasteiger partial charge in [0.1, 0.15) is 9.84 Å². The van der Waals surface area contributed by atoms with Crippen molar-refractivity contribution < 1.29 is 8.42 Å². The summed E-state index contributed by atoms with van der Waals surface area (Å²) in [5.41, 5.74) is 0. The lowest BCUT2D eigenvalue weighted by Crippen LogP contribution is -2.31. The monoisotopic (exact) mass is 207 g/mol. The summed E-state index contributed by atoms with van der Waals surface area (Å²) in [6, 6.07) is 0.404. The molecule has 0 aliphatic heterocycles. The maximum absolute atomic E-state index is 10.8. The Kier molecular flexibility index (Phi) is 5.56. The van der Waals surface area contributed by atoms with Gasteiger partial charge >= 0.3 is 0 Å². The molecule has 0 aliphatic rings. The van der Waals surface area contributed by atoms with Crippen LogP contribution in [0.25, 0.3) is 0 Å². The fourth-order valence-electron chi connectivity index (χ4n) is 1.28. The van der Waals surface area contributed by atoms with Crippen LogP contribution in [0.5, 0.6) is 0 Å². The van der Waals surface area contributed by atoms with E-state index in [9.17, 15) is 8.42 Å². The van der Waals surface area contributed by atoms with Crippen molar-refractivity contribution in [3.8, 4) is 0 Å². The maximum Gasteiger partial charge on any atom is 0.148 e. The van der Waals surface area contributed by atoms with Crippen LogP contribution in [0, 0.1) is 5.92 Å². The molecule has 0 saturated carbocycles. The molecule has 0 bridgehead atoms. The standard InChI is InChI=1S/C9H21NO2S/c1-8(2)7-9(3)10-5-6-13(4,11)12/h8-10H,5-7H2,1-4H3. The Morgan fingerprint density at radius 3 is 2.15 bits per heavy atom. The first-order valence-corrected chi connectivity index (χ1v) is 6.78. The van der Waals surface area contributed by atoms with E-state index in [4.69, 9.17) is 0 Å². The van der Waals surface area contributed by atoms with E-state index in [0.717, 1.165) is 6.42 Å². The average Bonchev–Trinajstić information content (AvgIpc) is 1.81. The van der Waals surface area contributed by atoms with Gasteiger partial charge in [-0.15, -0.1) is 0 Å². The molecule has 3 nitrogen and oxygen atoms in total. The van der Waals surface area contributed by atoms with Crippen molar-refractivity contribution in [2.45, 2.75) is 33.2 Å². The van der Waals surface area contributed by atoms with E-state index in [-0.39, 0.29) is 5.75 Å². The van der Waals surface area contributed by atoms with Crippen molar-refractivity contribution in [3.05, 3.63) is 0 Å². The van der Waals surface area contributed by atoms with Gasteiger partial charge in [-0.05, 0) is 19.3 Å². The van der Waals surface area contributed by atoms with Gasteiger partial charge in [0.25, 0.3) is 0 Å². The molecule has 0 aromatic carbocycles. The van der Waals surface area contributed by atoms with Gasteiger partial charge in [0.2, 0.25) is 0 Å².